The summed E-state index contributed by atoms with van der Waals surface area (Å²) in [4.78, 5) is 26.1. The first-order valence-electron chi connectivity index (χ1n) is 8.68. The second kappa shape index (κ2) is 6.73. The van der Waals surface area contributed by atoms with E-state index < -0.39 is 11.4 Å². The first-order valence-corrected chi connectivity index (χ1v) is 8.68. The molecule has 1 heterocycles. The summed E-state index contributed by atoms with van der Waals surface area (Å²) in [5.41, 5.74) is 0.0144. The molecule has 1 amide bonds. The van der Waals surface area contributed by atoms with Gasteiger partial charge in [-0.25, -0.2) is 0 Å². The molecule has 1 aliphatic carbocycles. The van der Waals surface area contributed by atoms with Gasteiger partial charge in [-0.1, -0.05) is 49.6 Å². The molecule has 0 radical (unpaired) electrons. The summed E-state index contributed by atoms with van der Waals surface area (Å²) < 4.78 is 0. The second-order valence-electron chi connectivity index (χ2n) is 6.97. The highest BCUT2D eigenvalue weighted by molar-refractivity contribution is 5.82. The minimum atomic E-state index is -0.841. The summed E-state index contributed by atoms with van der Waals surface area (Å²) in [5.74, 6) is 0.167. The van der Waals surface area contributed by atoms with Gasteiger partial charge >= 0.3 is 5.97 Å². The van der Waals surface area contributed by atoms with Gasteiger partial charge in [-0.2, -0.15) is 0 Å². The van der Waals surface area contributed by atoms with Crippen LogP contribution in [0.4, 0.5) is 0 Å². The summed E-state index contributed by atoms with van der Waals surface area (Å²) in [5, 5.41) is 9.78. The standard InChI is InChI=1S/C19H25NO3/c21-17(10-9-15-5-4-6-15)20-13-11-19(12-14-20,18(22)23)16-7-2-1-3-8-16/h1-3,7-8,15H,4-6,9-14H2,(H,22,23). The number of piperidine rings is 1. The number of hydrogen-bond acceptors (Lipinski definition) is 2. The van der Waals surface area contributed by atoms with Crippen LogP contribution in [0.2, 0.25) is 0 Å². The molecule has 0 bridgehead atoms. The molecule has 1 aliphatic heterocycles. The van der Waals surface area contributed by atoms with E-state index in [1.165, 1.54) is 19.3 Å². The number of rotatable bonds is 5. The molecule has 0 spiro atoms. The van der Waals surface area contributed by atoms with E-state index in [4.69, 9.17) is 0 Å². The fourth-order valence-corrected chi connectivity index (χ4v) is 3.79. The van der Waals surface area contributed by atoms with Gasteiger partial charge in [0.1, 0.15) is 0 Å². The molecule has 23 heavy (non-hydrogen) atoms. The normalized spacial score (nSPS) is 20.8. The summed E-state index contributed by atoms with van der Waals surface area (Å²) in [6.07, 6.45) is 6.46. The summed E-state index contributed by atoms with van der Waals surface area (Å²) in [6, 6.07) is 9.45. The third kappa shape index (κ3) is 3.26. The lowest BCUT2D eigenvalue weighted by molar-refractivity contribution is -0.148. The van der Waals surface area contributed by atoms with Crippen LogP contribution in [0.15, 0.2) is 30.3 Å². The fourth-order valence-electron chi connectivity index (χ4n) is 3.79. The SMILES string of the molecule is O=C(CCC1CCC1)N1CCC(C(=O)O)(c2ccccc2)CC1. The summed E-state index contributed by atoms with van der Waals surface area (Å²) >= 11 is 0. The maximum atomic E-state index is 12.3. The molecule has 4 heteroatoms. The number of benzene rings is 1. The van der Waals surface area contributed by atoms with E-state index in [0.717, 1.165) is 17.9 Å². The van der Waals surface area contributed by atoms with Crippen LogP contribution in [-0.4, -0.2) is 35.0 Å². The van der Waals surface area contributed by atoms with Gasteiger partial charge in [-0.05, 0) is 30.7 Å². The van der Waals surface area contributed by atoms with Gasteiger partial charge in [-0.3, -0.25) is 9.59 Å². The number of carboxylic acids is 1. The van der Waals surface area contributed by atoms with Crippen molar-refractivity contribution in [2.24, 2.45) is 5.92 Å². The first kappa shape index (κ1) is 16.0. The molecule has 1 saturated carbocycles. The van der Waals surface area contributed by atoms with Gasteiger partial charge in [0.15, 0.2) is 0 Å². The lowest BCUT2D eigenvalue weighted by Crippen LogP contribution is -2.49. The van der Waals surface area contributed by atoms with E-state index in [2.05, 4.69) is 0 Å². The Hall–Kier alpha value is -1.84. The molecule has 1 N–H and O–H groups in total. The van der Waals surface area contributed by atoms with Gasteiger partial charge in [0.05, 0.1) is 5.41 Å². The maximum absolute atomic E-state index is 12.3. The Labute approximate surface area is 137 Å². The number of likely N-dealkylation sites (tertiary alicyclic amines) is 1. The van der Waals surface area contributed by atoms with E-state index in [1.54, 1.807) is 0 Å². The minimum absolute atomic E-state index is 0.198. The van der Waals surface area contributed by atoms with Crippen molar-refractivity contribution in [1.82, 2.24) is 4.90 Å². The van der Waals surface area contributed by atoms with Gasteiger partial charge in [0, 0.05) is 19.5 Å². The van der Waals surface area contributed by atoms with Crippen molar-refractivity contribution in [3.8, 4) is 0 Å². The third-order valence-corrected chi connectivity index (χ3v) is 5.70. The number of nitrogens with zero attached hydrogens (tertiary/aromatic N) is 1. The third-order valence-electron chi connectivity index (χ3n) is 5.70. The van der Waals surface area contributed by atoms with E-state index >= 15 is 0 Å². The fraction of sp³-hybridized carbons (Fsp3) is 0.579. The van der Waals surface area contributed by atoms with Crippen molar-refractivity contribution in [2.75, 3.05) is 13.1 Å². The van der Waals surface area contributed by atoms with Crippen LogP contribution in [0.1, 0.15) is 50.5 Å². The highest BCUT2D eigenvalue weighted by atomic mass is 16.4. The molecule has 1 aromatic carbocycles. The molecule has 2 aliphatic rings. The van der Waals surface area contributed by atoms with Crippen molar-refractivity contribution in [3.05, 3.63) is 35.9 Å². The van der Waals surface area contributed by atoms with Crippen LogP contribution < -0.4 is 0 Å². The lowest BCUT2D eigenvalue weighted by atomic mass is 9.72. The molecule has 0 aromatic heterocycles. The van der Waals surface area contributed by atoms with E-state index in [1.807, 2.05) is 35.2 Å². The molecular formula is C19H25NO3. The van der Waals surface area contributed by atoms with Gasteiger partial charge < -0.3 is 10.0 Å². The zero-order chi connectivity index (χ0) is 16.3. The first-order chi connectivity index (χ1) is 11.1. The topological polar surface area (TPSA) is 57.6 Å². The highest BCUT2D eigenvalue weighted by Crippen LogP contribution is 2.36. The maximum Gasteiger partial charge on any atom is 0.314 e. The van der Waals surface area contributed by atoms with Crippen LogP contribution in [0.25, 0.3) is 0 Å². The van der Waals surface area contributed by atoms with Crippen molar-refractivity contribution in [3.63, 3.8) is 0 Å². The molecule has 1 saturated heterocycles. The predicted molar refractivity (Wildman–Crippen MR) is 88.1 cm³/mol. The Morgan fingerprint density at radius 3 is 2.30 bits per heavy atom. The summed E-state index contributed by atoms with van der Waals surface area (Å²) in [6.45, 7) is 1.09. The van der Waals surface area contributed by atoms with Gasteiger partial charge in [0.2, 0.25) is 5.91 Å². The number of aliphatic carboxylic acids is 1. The Kier molecular flexibility index (Phi) is 4.69. The lowest BCUT2D eigenvalue weighted by Gasteiger charge is -2.39. The number of carbonyl (C=O) groups is 2. The quantitative estimate of drug-likeness (QED) is 0.907. The number of carbonyl (C=O) groups excluding carboxylic acids is 1. The van der Waals surface area contributed by atoms with Crippen molar-refractivity contribution in [1.29, 1.82) is 0 Å². The van der Waals surface area contributed by atoms with Crippen molar-refractivity contribution >= 4 is 11.9 Å². The molecule has 2 fully saturated rings. The summed E-state index contributed by atoms with van der Waals surface area (Å²) in [7, 11) is 0. The average Bonchev–Trinajstić information content (AvgIpc) is 2.54. The van der Waals surface area contributed by atoms with E-state index in [9.17, 15) is 14.7 Å². The van der Waals surface area contributed by atoms with Crippen LogP contribution in [0.3, 0.4) is 0 Å². The molecule has 1 aromatic rings. The highest BCUT2D eigenvalue weighted by Gasteiger charge is 2.43. The predicted octanol–water partition coefficient (Wildman–Crippen LogP) is 3.21. The van der Waals surface area contributed by atoms with E-state index in [-0.39, 0.29) is 5.91 Å². The second-order valence-corrected chi connectivity index (χ2v) is 6.97. The number of hydrogen-bond donors (Lipinski definition) is 1. The Balaban J connectivity index is 1.61. The van der Waals surface area contributed by atoms with Crippen LogP contribution in [-0.2, 0) is 15.0 Å². The molecular weight excluding hydrogens is 290 g/mol. The zero-order valence-corrected chi connectivity index (χ0v) is 13.5. The molecule has 3 rings (SSSR count). The number of carboxylic acid groups (broad SMARTS) is 1. The van der Waals surface area contributed by atoms with Crippen LogP contribution in [0.5, 0.6) is 0 Å². The average molecular weight is 315 g/mol. The smallest absolute Gasteiger partial charge is 0.314 e. The molecule has 4 nitrogen and oxygen atoms in total. The van der Waals surface area contributed by atoms with Crippen LogP contribution >= 0.6 is 0 Å². The molecule has 0 unspecified atom stereocenters. The van der Waals surface area contributed by atoms with Crippen molar-refractivity contribution in [2.45, 2.75) is 50.4 Å². The Morgan fingerprint density at radius 1 is 1.13 bits per heavy atom. The van der Waals surface area contributed by atoms with Gasteiger partial charge in [0.25, 0.3) is 0 Å². The Morgan fingerprint density at radius 2 is 1.78 bits per heavy atom. The van der Waals surface area contributed by atoms with E-state index in [0.29, 0.717) is 32.4 Å². The molecule has 0 atom stereocenters. The number of amides is 1. The largest absolute Gasteiger partial charge is 0.481 e. The zero-order valence-electron chi connectivity index (χ0n) is 13.5. The minimum Gasteiger partial charge on any atom is -0.481 e. The Bertz CT molecular complexity index is 557. The van der Waals surface area contributed by atoms with Gasteiger partial charge in [-0.15, -0.1) is 0 Å². The monoisotopic (exact) mass is 315 g/mol. The molecule has 124 valence electrons. The van der Waals surface area contributed by atoms with Crippen LogP contribution in [0, 0.1) is 5.92 Å². The van der Waals surface area contributed by atoms with Crippen molar-refractivity contribution < 1.29 is 14.7 Å².